The molecule has 0 bridgehead atoms. The van der Waals surface area contributed by atoms with Crippen LogP contribution in [0.1, 0.15) is 22.6 Å². The van der Waals surface area contributed by atoms with E-state index in [1.165, 1.54) is 6.33 Å². The van der Waals surface area contributed by atoms with Crippen molar-refractivity contribution in [3.63, 3.8) is 0 Å². The summed E-state index contributed by atoms with van der Waals surface area (Å²) >= 11 is 12.6. The summed E-state index contributed by atoms with van der Waals surface area (Å²) in [5, 5.41) is 14.2. The van der Waals surface area contributed by atoms with Gasteiger partial charge in [0.25, 0.3) is 0 Å². The van der Waals surface area contributed by atoms with E-state index in [1.54, 1.807) is 18.2 Å². The topological polar surface area (TPSA) is 90.9 Å². The van der Waals surface area contributed by atoms with Gasteiger partial charge >= 0.3 is 0 Å². The summed E-state index contributed by atoms with van der Waals surface area (Å²) in [4.78, 5) is 10.6. The Morgan fingerprint density at radius 2 is 1.74 bits per heavy atom. The van der Waals surface area contributed by atoms with Crippen LogP contribution in [-0.4, -0.2) is 17.0 Å². The molecule has 1 unspecified atom stereocenters. The first kappa shape index (κ1) is 23.4. The monoisotopic (exact) mass is 488 g/mol. The van der Waals surface area contributed by atoms with E-state index in [0.717, 1.165) is 28.1 Å². The Hall–Kier alpha value is -3.79. The third-order valence-electron chi connectivity index (χ3n) is 5.56. The van der Waals surface area contributed by atoms with Gasteiger partial charge in [-0.3, -0.25) is 0 Å². The fourth-order valence-corrected chi connectivity index (χ4v) is 4.09. The van der Waals surface area contributed by atoms with Crippen LogP contribution < -0.4 is 16.0 Å². The lowest BCUT2D eigenvalue weighted by Gasteiger charge is -2.21. The van der Waals surface area contributed by atoms with Crippen LogP contribution in [0, 0.1) is 18.3 Å². The number of hydrogen-bond acceptors (Lipinski definition) is 6. The number of aryl methyl sites for hydroxylation is 1. The molecule has 0 aliphatic rings. The molecule has 8 heteroatoms. The van der Waals surface area contributed by atoms with Crippen LogP contribution in [0.4, 0.5) is 28.7 Å². The highest BCUT2D eigenvalue weighted by molar-refractivity contribution is 6.32. The number of aromatic nitrogens is 2. The van der Waals surface area contributed by atoms with E-state index in [4.69, 9.17) is 28.9 Å². The molecule has 0 spiro atoms. The summed E-state index contributed by atoms with van der Waals surface area (Å²) in [5.74, 6) is 0.526. The van der Waals surface area contributed by atoms with Crippen molar-refractivity contribution in [3.05, 3.63) is 99.8 Å². The minimum Gasteiger partial charge on any atom is -0.393 e. The van der Waals surface area contributed by atoms with E-state index in [1.807, 2.05) is 67.4 Å². The quantitative estimate of drug-likeness (QED) is 0.308. The molecule has 1 aromatic heterocycles. The fourth-order valence-electron chi connectivity index (χ4n) is 3.69. The van der Waals surface area contributed by atoms with Crippen molar-refractivity contribution in [1.82, 2.24) is 9.97 Å². The summed E-state index contributed by atoms with van der Waals surface area (Å²) in [6, 6.07) is 23.0. The van der Waals surface area contributed by atoms with Gasteiger partial charge in [-0.25, -0.2) is 9.97 Å². The maximum atomic E-state index is 9.84. The molecule has 4 rings (SSSR count). The van der Waals surface area contributed by atoms with Gasteiger partial charge in [-0.1, -0.05) is 59.6 Å². The van der Waals surface area contributed by atoms with Gasteiger partial charge in [0, 0.05) is 28.5 Å². The Morgan fingerprint density at radius 3 is 2.41 bits per heavy atom. The van der Waals surface area contributed by atoms with Gasteiger partial charge in [-0.05, 0) is 53.9 Å². The van der Waals surface area contributed by atoms with Crippen molar-refractivity contribution in [2.75, 3.05) is 23.0 Å². The zero-order valence-electron chi connectivity index (χ0n) is 18.6. The maximum Gasteiger partial charge on any atom is 0.161 e. The van der Waals surface area contributed by atoms with Crippen molar-refractivity contribution >= 4 is 51.9 Å². The Bertz CT molecular complexity index is 1350. The second-order valence-corrected chi connectivity index (χ2v) is 8.63. The van der Waals surface area contributed by atoms with Crippen LogP contribution in [0.2, 0.25) is 10.0 Å². The normalized spacial score (nSPS) is 11.5. The summed E-state index contributed by atoms with van der Waals surface area (Å²) in [7, 11) is 1.90. The third-order valence-corrected chi connectivity index (χ3v) is 6.14. The Kier molecular flexibility index (Phi) is 6.87. The number of halogens is 2. The molecule has 0 amide bonds. The molecule has 6 nitrogen and oxygen atoms in total. The number of nitrogens with one attached hydrogen (secondary N) is 1. The van der Waals surface area contributed by atoms with Crippen LogP contribution in [0.5, 0.6) is 0 Å². The van der Waals surface area contributed by atoms with E-state index in [2.05, 4.69) is 21.4 Å². The summed E-state index contributed by atoms with van der Waals surface area (Å²) in [6.07, 6.45) is 1.46. The van der Waals surface area contributed by atoms with Gasteiger partial charge in [0.15, 0.2) is 11.6 Å². The average Bonchev–Trinajstić information content (AvgIpc) is 2.85. The van der Waals surface area contributed by atoms with E-state index < -0.39 is 5.92 Å². The Morgan fingerprint density at radius 1 is 1.03 bits per heavy atom. The highest BCUT2D eigenvalue weighted by Crippen LogP contribution is 2.37. The smallest absolute Gasteiger partial charge is 0.161 e. The molecule has 170 valence electrons. The van der Waals surface area contributed by atoms with E-state index >= 15 is 0 Å². The number of nitrogens with zero attached hydrogens (tertiary/aromatic N) is 4. The number of nitriles is 1. The standard InChI is InChI=1S/C26H22Cl2N6/c1-16-12-20(21(14-29)17-8-10-18(27)11-9-17)22(28)13-23(16)33-25-24(30)26(32-15-31-25)34(2)19-6-4-3-5-7-19/h3-13,15,21H,30H2,1-2H3,(H,31,32,33). The third kappa shape index (κ3) is 4.76. The average molecular weight is 489 g/mol. The highest BCUT2D eigenvalue weighted by Gasteiger charge is 2.20. The summed E-state index contributed by atoms with van der Waals surface area (Å²) in [6.45, 7) is 1.94. The van der Waals surface area contributed by atoms with E-state index in [-0.39, 0.29) is 0 Å². The van der Waals surface area contributed by atoms with Crippen molar-refractivity contribution < 1.29 is 0 Å². The van der Waals surface area contributed by atoms with E-state index in [0.29, 0.717) is 27.4 Å². The van der Waals surface area contributed by atoms with E-state index in [9.17, 15) is 5.26 Å². The molecular weight excluding hydrogens is 467 g/mol. The lowest BCUT2D eigenvalue weighted by molar-refractivity contribution is 1.03. The van der Waals surface area contributed by atoms with Crippen LogP contribution in [0.15, 0.2) is 73.1 Å². The lowest BCUT2D eigenvalue weighted by Crippen LogP contribution is -2.15. The number of rotatable bonds is 6. The molecule has 0 aliphatic carbocycles. The second-order valence-electron chi connectivity index (χ2n) is 7.78. The predicted octanol–water partition coefficient (Wildman–Crippen LogP) is 6.84. The molecular formula is C26H22Cl2N6. The van der Waals surface area contributed by atoms with Crippen LogP contribution in [-0.2, 0) is 0 Å². The molecule has 3 aromatic carbocycles. The first-order chi connectivity index (χ1) is 16.4. The maximum absolute atomic E-state index is 9.84. The Balaban J connectivity index is 1.65. The molecule has 0 saturated heterocycles. The van der Waals surface area contributed by atoms with Gasteiger partial charge in [0.1, 0.15) is 12.0 Å². The first-order valence-corrected chi connectivity index (χ1v) is 11.3. The molecule has 34 heavy (non-hydrogen) atoms. The molecule has 0 radical (unpaired) electrons. The summed E-state index contributed by atoms with van der Waals surface area (Å²) < 4.78 is 0. The lowest BCUT2D eigenvalue weighted by atomic mass is 9.91. The van der Waals surface area contributed by atoms with Gasteiger partial charge in [0.2, 0.25) is 0 Å². The van der Waals surface area contributed by atoms with Gasteiger partial charge in [-0.2, -0.15) is 5.26 Å². The molecule has 3 N–H and O–H groups in total. The molecule has 4 aromatic rings. The van der Waals surface area contributed by atoms with Crippen molar-refractivity contribution in [3.8, 4) is 6.07 Å². The predicted molar refractivity (Wildman–Crippen MR) is 139 cm³/mol. The van der Waals surface area contributed by atoms with Crippen LogP contribution >= 0.6 is 23.2 Å². The van der Waals surface area contributed by atoms with Crippen molar-refractivity contribution in [2.45, 2.75) is 12.8 Å². The number of hydrogen-bond donors (Lipinski definition) is 2. The second kappa shape index (κ2) is 10.0. The summed E-state index contributed by atoms with van der Waals surface area (Å²) in [5.41, 5.74) is 11.0. The number of anilines is 5. The van der Waals surface area contributed by atoms with Crippen molar-refractivity contribution in [1.29, 1.82) is 5.26 Å². The minimum absolute atomic E-state index is 0.407. The molecule has 1 heterocycles. The molecule has 0 aliphatic heterocycles. The molecule has 0 fully saturated rings. The largest absolute Gasteiger partial charge is 0.393 e. The zero-order chi connectivity index (χ0) is 24.2. The zero-order valence-corrected chi connectivity index (χ0v) is 20.1. The first-order valence-electron chi connectivity index (χ1n) is 10.5. The number of nitrogen functional groups attached to an aromatic ring is 1. The number of nitrogens with two attached hydrogens (primary N) is 1. The molecule has 0 saturated carbocycles. The van der Waals surface area contributed by atoms with Crippen molar-refractivity contribution in [2.24, 2.45) is 0 Å². The fraction of sp³-hybridized carbons (Fsp3) is 0.115. The number of benzene rings is 3. The minimum atomic E-state index is -0.521. The highest BCUT2D eigenvalue weighted by atomic mass is 35.5. The van der Waals surface area contributed by atoms with Gasteiger partial charge < -0.3 is 16.0 Å². The van der Waals surface area contributed by atoms with Crippen LogP contribution in [0.25, 0.3) is 0 Å². The van der Waals surface area contributed by atoms with Crippen LogP contribution in [0.3, 0.4) is 0 Å². The molecule has 1 atom stereocenters. The van der Waals surface area contributed by atoms with Gasteiger partial charge in [-0.15, -0.1) is 0 Å². The SMILES string of the molecule is Cc1cc(C(C#N)c2ccc(Cl)cc2)c(Cl)cc1Nc1ncnc(N(C)c2ccccc2)c1N. The Labute approximate surface area is 208 Å². The number of para-hydroxylation sites is 1. The van der Waals surface area contributed by atoms with Gasteiger partial charge in [0.05, 0.1) is 12.0 Å².